The molecule has 6 heteroatoms. The van der Waals surface area contributed by atoms with Crippen LogP contribution in [0.2, 0.25) is 10.0 Å². The van der Waals surface area contributed by atoms with Gasteiger partial charge in [-0.25, -0.2) is 0 Å². The summed E-state index contributed by atoms with van der Waals surface area (Å²) in [6, 6.07) is 11.3. The predicted octanol–water partition coefficient (Wildman–Crippen LogP) is 6.20. The van der Waals surface area contributed by atoms with E-state index in [1.807, 2.05) is 24.3 Å². The highest BCUT2D eigenvalue weighted by Crippen LogP contribution is 2.64. The molecule has 134 valence electrons. The summed E-state index contributed by atoms with van der Waals surface area (Å²) < 4.78 is 0. The Labute approximate surface area is 161 Å². The van der Waals surface area contributed by atoms with E-state index in [1.54, 1.807) is 12.1 Å². The van der Waals surface area contributed by atoms with Crippen molar-refractivity contribution in [1.29, 1.82) is 0 Å². The average Bonchev–Trinajstić information content (AvgIpc) is 3.25. The fourth-order valence-corrected chi connectivity index (χ4v) is 5.93. The molecule has 2 bridgehead atoms. The van der Waals surface area contributed by atoms with Crippen LogP contribution >= 0.6 is 23.2 Å². The van der Waals surface area contributed by atoms with Gasteiger partial charge in [-0.3, -0.25) is 10.1 Å². The maximum absolute atomic E-state index is 11.3. The largest absolute Gasteiger partial charge is 0.378 e. The van der Waals surface area contributed by atoms with E-state index in [1.165, 1.54) is 19.3 Å². The average molecular weight is 389 g/mol. The van der Waals surface area contributed by atoms with Crippen molar-refractivity contribution in [2.45, 2.75) is 31.2 Å². The number of nitro benzene ring substituents is 1. The van der Waals surface area contributed by atoms with Crippen molar-refractivity contribution in [2.24, 2.45) is 17.8 Å². The molecule has 1 heterocycles. The van der Waals surface area contributed by atoms with E-state index in [0.717, 1.165) is 16.8 Å². The first-order valence-electron chi connectivity index (χ1n) is 9.03. The molecule has 3 aliphatic rings. The van der Waals surface area contributed by atoms with Crippen molar-refractivity contribution in [3.05, 3.63) is 67.7 Å². The molecule has 1 aliphatic heterocycles. The van der Waals surface area contributed by atoms with Gasteiger partial charge in [-0.05, 0) is 72.3 Å². The van der Waals surface area contributed by atoms with Crippen molar-refractivity contribution >= 4 is 34.6 Å². The second-order valence-electron chi connectivity index (χ2n) is 7.76. The van der Waals surface area contributed by atoms with E-state index >= 15 is 0 Å². The van der Waals surface area contributed by atoms with Crippen LogP contribution in [0.5, 0.6) is 0 Å². The summed E-state index contributed by atoms with van der Waals surface area (Å²) in [5.74, 6) is 2.10. The minimum absolute atomic E-state index is 0.166. The number of nitrogens with zero attached hydrogens (tertiary/aromatic N) is 1. The highest BCUT2D eigenvalue weighted by atomic mass is 35.5. The number of rotatable bonds is 2. The third-order valence-corrected chi connectivity index (χ3v) is 7.32. The molecule has 0 saturated heterocycles. The molecule has 0 amide bonds. The molecule has 4 nitrogen and oxygen atoms in total. The quantitative estimate of drug-likeness (QED) is 0.492. The Balaban J connectivity index is 1.63. The number of fused-ring (bicyclic) bond motifs is 7. The zero-order valence-corrected chi connectivity index (χ0v) is 15.5. The highest BCUT2D eigenvalue weighted by Gasteiger charge is 2.54. The monoisotopic (exact) mass is 388 g/mol. The number of hydrogen-bond acceptors (Lipinski definition) is 3. The fraction of sp³-hybridized carbons (Fsp3) is 0.400. The van der Waals surface area contributed by atoms with Gasteiger partial charge in [0.1, 0.15) is 0 Å². The first-order chi connectivity index (χ1) is 12.5. The predicted molar refractivity (Wildman–Crippen MR) is 103 cm³/mol. The molecule has 0 spiro atoms. The zero-order valence-electron chi connectivity index (χ0n) is 14.0. The SMILES string of the molecule is O=[N+]([O-])c1ccc2c(c1)[C@@H]1[C@H]3CC[C@@H](C3)[C@@H]1[C@@H](c1ccc(Cl)c(Cl)c1)N2. The van der Waals surface area contributed by atoms with Crippen LogP contribution < -0.4 is 5.32 Å². The maximum atomic E-state index is 11.3. The van der Waals surface area contributed by atoms with Gasteiger partial charge in [-0.15, -0.1) is 0 Å². The van der Waals surface area contributed by atoms with Crippen LogP contribution in [-0.4, -0.2) is 4.92 Å². The van der Waals surface area contributed by atoms with Crippen LogP contribution in [0.3, 0.4) is 0 Å². The number of nitrogens with one attached hydrogen (secondary N) is 1. The summed E-state index contributed by atoms with van der Waals surface area (Å²) in [6.07, 6.45) is 3.69. The van der Waals surface area contributed by atoms with Crippen LogP contribution in [0.4, 0.5) is 11.4 Å². The number of anilines is 1. The van der Waals surface area contributed by atoms with E-state index in [4.69, 9.17) is 23.2 Å². The smallest absolute Gasteiger partial charge is 0.269 e. The molecule has 2 aromatic carbocycles. The van der Waals surface area contributed by atoms with Crippen molar-refractivity contribution in [2.75, 3.05) is 5.32 Å². The van der Waals surface area contributed by atoms with Crippen LogP contribution in [0.25, 0.3) is 0 Å². The van der Waals surface area contributed by atoms with Crippen LogP contribution in [-0.2, 0) is 0 Å². The number of non-ortho nitro benzene ring substituents is 1. The minimum atomic E-state index is -0.298. The van der Waals surface area contributed by atoms with Crippen molar-refractivity contribution < 1.29 is 4.92 Å². The van der Waals surface area contributed by atoms with Crippen molar-refractivity contribution in [3.63, 3.8) is 0 Å². The number of halogens is 2. The molecular weight excluding hydrogens is 371 g/mol. The fourth-order valence-electron chi connectivity index (χ4n) is 5.62. The van der Waals surface area contributed by atoms with E-state index in [2.05, 4.69) is 5.32 Å². The first-order valence-corrected chi connectivity index (χ1v) is 9.78. The Bertz CT molecular complexity index is 917. The lowest BCUT2D eigenvalue weighted by Crippen LogP contribution is -2.35. The topological polar surface area (TPSA) is 55.2 Å². The summed E-state index contributed by atoms with van der Waals surface area (Å²) in [6.45, 7) is 0. The van der Waals surface area contributed by atoms with Gasteiger partial charge >= 0.3 is 0 Å². The molecule has 26 heavy (non-hydrogen) atoms. The van der Waals surface area contributed by atoms with Gasteiger partial charge in [0.2, 0.25) is 0 Å². The lowest BCUT2D eigenvalue weighted by Gasteiger charge is -2.43. The third kappa shape index (κ3) is 2.35. The van der Waals surface area contributed by atoms with Crippen LogP contribution in [0, 0.1) is 27.9 Å². The standard InChI is InChI=1S/C20H18Cl2N2O2/c21-15-5-3-12(8-16(15)22)20-19-11-2-1-10(7-11)18(19)14-9-13(24(25)26)4-6-17(14)23-20/h3-6,8-11,18-20,23H,1-2,7H2/t10-,11-,18-,19-,20+/m0/s1. The van der Waals surface area contributed by atoms with Gasteiger partial charge in [0.05, 0.1) is 21.0 Å². The minimum Gasteiger partial charge on any atom is -0.378 e. The van der Waals surface area contributed by atoms with Gasteiger partial charge in [0.25, 0.3) is 5.69 Å². The Hall–Kier alpha value is -1.78. The van der Waals surface area contributed by atoms with Crippen LogP contribution in [0.15, 0.2) is 36.4 Å². The molecule has 0 radical (unpaired) electrons. The maximum Gasteiger partial charge on any atom is 0.269 e. The second kappa shape index (κ2) is 5.86. The summed E-state index contributed by atoms with van der Waals surface area (Å²) in [5, 5.41) is 16.0. The lowest BCUT2D eigenvalue weighted by molar-refractivity contribution is -0.384. The van der Waals surface area contributed by atoms with Crippen molar-refractivity contribution in [3.8, 4) is 0 Å². The van der Waals surface area contributed by atoms with E-state index in [9.17, 15) is 10.1 Å². The zero-order chi connectivity index (χ0) is 18.0. The number of benzene rings is 2. The molecule has 1 N–H and O–H groups in total. The molecular formula is C20H18Cl2N2O2. The van der Waals surface area contributed by atoms with E-state index in [0.29, 0.717) is 33.7 Å². The number of hydrogen-bond donors (Lipinski definition) is 1. The number of nitro groups is 1. The molecule has 5 atom stereocenters. The summed E-state index contributed by atoms with van der Waals surface area (Å²) in [7, 11) is 0. The lowest BCUT2D eigenvalue weighted by atomic mass is 9.68. The second-order valence-corrected chi connectivity index (χ2v) is 8.57. The molecule has 5 rings (SSSR count). The summed E-state index contributed by atoms with van der Waals surface area (Å²) >= 11 is 12.4. The molecule has 2 aliphatic carbocycles. The van der Waals surface area contributed by atoms with Gasteiger partial charge in [0, 0.05) is 17.8 Å². The third-order valence-electron chi connectivity index (χ3n) is 6.58. The van der Waals surface area contributed by atoms with Gasteiger partial charge in [-0.2, -0.15) is 0 Å². The molecule has 2 saturated carbocycles. The van der Waals surface area contributed by atoms with Gasteiger partial charge < -0.3 is 5.32 Å². The first kappa shape index (κ1) is 16.4. The van der Waals surface area contributed by atoms with Crippen molar-refractivity contribution in [1.82, 2.24) is 0 Å². The molecule has 2 aromatic rings. The summed E-state index contributed by atoms with van der Waals surface area (Å²) in [5.41, 5.74) is 3.46. The molecule has 0 unspecified atom stereocenters. The Morgan fingerprint density at radius 1 is 1.04 bits per heavy atom. The van der Waals surface area contributed by atoms with Crippen LogP contribution in [0.1, 0.15) is 42.3 Å². The molecule has 2 fully saturated rings. The Morgan fingerprint density at radius 3 is 2.62 bits per heavy atom. The highest BCUT2D eigenvalue weighted by molar-refractivity contribution is 6.42. The normalized spacial score (nSPS) is 31.2. The molecule has 0 aromatic heterocycles. The van der Waals surface area contributed by atoms with Gasteiger partial charge in [0.15, 0.2) is 0 Å². The Kier molecular flexibility index (Phi) is 3.70. The van der Waals surface area contributed by atoms with Gasteiger partial charge in [-0.1, -0.05) is 29.3 Å². The van der Waals surface area contributed by atoms with E-state index < -0.39 is 0 Å². The van der Waals surface area contributed by atoms with E-state index in [-0.39, 0.29) is 16.7 Å². The summed E-state index contributed by atoms with van der Waals surface area (Å²) in [4.78, 5) is 11.0. The Morgan fingerprint density at radius 2 is 1.85 bits per heavy atom.